The van der Waals surface area contributed by atoms with E-state index in [-0.39, 0.29) is 6.42 Å². The first-order chi connectivity index (χ1) is 4.45. The molecule has 0 rings (SSSR count). The fourth-order valence-electron chi connectivity index (χ4n) is 0.577. The summed E-state index contributed by atoms with van der Waals surface area (Å²) in [5.74, 6) is 0. The number of nitro groups is 1. The van der Waals surface area contributed by atoms with E-state index in [1.54, 1.807) is 6.92 Å². The second-order valence-corrected chi connectivity index (χ2v) is 3.48. The van der Waals surface area contributed by atoms with Gasteiger partial charge in [0.25, 0.3) is 4.45 Å². The van der Waals surface area contributed by atoms with Crippen LogP contribution >= 0.6 is 15.9 Å². The molecule has 2 unspecified atom stereocenters. The molecule has 0 saturated heterocycles. The van der Waals surface area contributed by atoms with Gasteiger partial charge in [-0.1, -0.05) is 6.92 Å². The lowest BCUT2D eigenvalue weighted by molar-refractivity contribution is -0.547. The summed E-state index contributed by atoms with van der Waals surface area (Å²) in [6, 6.07) is 0. The maximum absolute atomic E-state index is 10.3. The van der Waals surface area contributed by atoms with Gasteiger partial charge in [0.05, 0.1) is 0 Å². The van der Waals surface area contributed by atoms with Crippen LogP contribution in [0, 0.1) is 10.1 Å². The summed E-state index contributed by atoms with van der Waals surface area (Å²) in [5, 5.41) is 19.2. The first-order valence-corrected chi connectivity index (χ1v) is 3.76. The van der Waals surface area contributed by atoms with Gasteiger partial charge in [0, 0.05) is 27.3 Å². The Hall–Kier alpha value is -0.160. The van der Waals surface area contributed by atoms with Crippen LogP contribution in [0.15, 0.2) is 0 Å². The molecule has 1 N–H and O–H groups in total. The minimum atomic E-state index is -1.37. The van der Waals surface area contributed by atoms with Crippen molar-refractivity contribution >= 4 is 15.9 Å². The highest BCUT2D eigenvalue weighted by atomic mass is 79.9. The molecular formula is C5H10BrNO3. The van der Waals surface area contributed by atoms with Gasteiger partial charge < -0.3 is 5.11 Å². The Bertz CT molecular complexity index is 139. The Kier molecular flexibility index (Phi) is 3.24. The van der Waals surface area contributed by atoms with Gasteiger partial charge in [-0.05, 0) is 6.92 Å². The number of rotatable bonds is 3. The lowest BCUT2D eigenvalue weighted by atomic mass is 10.1. The Labute approximate surface area is 67.5 Å². The van der Waals surface area contributed by atoms with Crippen molar-refractivity contribution in [3.8, 4) is 0 Å². The van der Waals surface area contributed by atoms with Crippen LogP contribution in [-0.2, 0) is 0 Å². The van der Waals surface area contributed by atoms with Gasteiger partial charge in [0.15, 0.2) is 0 Å². The number of hydrogen-bond donors (Lipinski definition) is 1. The second kappa shape index (κ2) is 3.30. The minimum Gasteiger partial charge on any atom is -0.385 e. The molecule has 60 valence electrons. The van der Waals surface area contributed by atoms with Crippen molar-refractivity contribution in [1.82, 2.24) is 0 Å². The Balaban J connectivity index is 4.38. The van der Waals surface area contributed by atoms with Crippen LogP contribution < -0.4 is 0 Å². The average molecular weight is 212 g/mol. The number of hydrogen-bond acceptors (Lipinski definition) is 3. The van der Waals surface area contributed by atoms with Gasteiger partial charge in [-0.2, -0.15) is 0 Å². The van der Waals surface area contributed by atoms with Crippen LogP contribution in [0.1, 0.15) is 20.3 Å². The molecule has 0 fully saturated rings. The fourth-order valence-corrected chi connectivity index (χ4v) is 0.577. The minimum absolute atomic E-state index is 0.262. The van der Waals surface area contributed by atoms with Crippen LogP contribution in [-0.4, -0.2) is 20.6 Å². The van der Waals surface area contributed by atoms with E-state index >= 15 is 0 Å². The van der Waals surface area contributed by atoms with Gasteiger partial charge >= 0.3 is 0 Å². The van der Waals surface area contributed by atoms with Gasteiger partial charge in [0.2, 0.25) is 0 Å². The van der Waals surface area contributed by atoms with E-state index in [0.717, 1.165) is 0 Å². The van der Waals surface area contributed by atoms with E-state index < -0.39 is 15.5 Å². The fraction of sp³-hybridized carbons (Fsp3) is 1.00. The molecule has 0 aliphatic rings. The maximum atomic E-state index is 10.3. The van der Waals surface area contributed by atoms with Crippen LogP contribution in [0.4, 0.5) is 0 Å². The zero-order chi connectivity index (χ0) is 8.36. The van der Waals surface area contributed by atoms with Gasteiger partial charge in [0.1, 0.15) is 6.10 Å². The topological polar surface area (TPSA) is 63.4 Å². The SMILES string of the molecule is CCC(Br)(C(C)O)[N+](=O)[O-]. The normalized spacial score (nSPS) is 19.6. The van der Waals surface area contributed by atoms with Crippen LogP contribution in [0.3, 0.4) is 0 Å². The lowest BCUT2D eigenvalue weighted by Gasteiger charge is -2.19. The highest BCUT2D eigenvalue weighted by Gasteiger charge is 2.42. The molecular weight excluding hydrogens is 202 g/mol. The average Bonchev–Trinajstić information content (AvgIpc) is 1.85. The third-order valence-corrected chi connectivity index (χ3v) is 2.95. The third-order valence-electron chi connectivity index (χ3n) is 1.44. The van der Waals surface area contributed by atoms with E-state index in [1.807, 2.05) is 0 Å². The summed E-state index contributed by atoms with van der Waals surface area (Å²) in [6.45, 7) is 3.03. The molecule has 0 heterocycles. The molecule has 5 heteroatoms. The summed E-state index contributed by atoms with van der Waals surface area (Å²) in [4.78, 5) is 9.78. The molecule has 2 atom stereocenters. The van der Waals surface area contributed by atoms with E-state index in [0.29, 0.717) is 0 Å². The molecule has 0 aromatic heterocycles. The first-order valence-electron chi connectivity index (χ1n) is 2.96. The zero-order valence-corrected chi connectivity index (χ0v) is 7.46. The first kappa shape index (κ1) is 9.84. The molecule has 10 heavy (non-hydrogen) atoms. The van der Waals surface area contributed by atoms with Crippen LogP contribution in [0.25, 0.3) is 0 Å². The predicted molar refractivity (Wildman–Crippen MR) is 40.6 cm³/mol. The number of aliphatic hydroxyl groups excluding tert-OH is 1. The van der Waals surface area contributed by atoms with Crippen molar-refractivity contribution in [2.45, 2.75) is 30.8 Å². The molecule has 0 spiro atoms. The predicted octanol–water partition coefficient (Wildman–Crippen LogP) is 1.15. The van der Waals surface area contributed by atoms with Crippen molar-refractivity contribution < 1.29 is 10.0 Å². The van der Waals surface area contributed by atoms with Gasteiger partial charge in [-0.3, -0.25) is 10.1 Å². The van der Waals surface area contributed by atoms with Crippen molar-refractivity contribution in [3.63, 3.8) is 0 Å². The van der Waals surface area contributed by atoms with E-state index in [1.165, 1.54) is 6.92 Å². The number of halogens is 1. The number of aliphatic hydroxyl groups is 1. The van der Waals surface area contributed by atoms with Crippen molar-refractivity contribution in [1.29, 1.82) is 0 Å². The monoisotopic (exact) mass is 211 g/mol. The number of alkyl halides is 1. The maximum Gasteiger partial charge on any atom is 0.299 e. The Morgan fingerprint density at radius 2 is 2.30 bits per heavy atom. The van der Waals surface area contributed by atoms with E-state index in [2.05, 4.69) is 15.9 Å². The summed E-state index contributed by atoms with van der Waals surface area (Å²) in [7, 11) is 0. The van der Waals surface area contributed by atoms with E-state index in [4.69, 9.17) is 5.11 Å². The van der Waals surface area contributed by atoms with Crippen LogP contribution in [0.5, 0.6) is 0 Å². The summed E-state index contributed by atoms with van der Waals surface area (Å²) >= 11 is 2.86. The quantitative estimate of drug-likeness (QED) is 0.330. The molecule has 0 aliphatic heterocycles. The molecule has 0 aromatic rings. The van der Waals surface area contributed by atoms with E-state index in [9.17, 15) is 10.1 Å². The van der Waals surface area contributed by atoms with Gasteiger partial charge in [-0.15, -0.1) is 0 Å². The molecule has 0 aromatic carbocycles. The molecule has 4 nitrogen and oxygen atoms in total. The largest absolute Gasteiger partial charge is 0.385 e. The summed E-state index contributed by atoms with van der Waals surface area (Å²) in [5.41, 5.74) is 0. The van der Waals surface area contributed by atoms with Gasteiger partial charge in [-0.25, -0.2) is 0 Å². The zero-order valence-electron chi connectivity index (χ0n) is 5.87. The van der Waals surface area contributed by atoms with Crippen molar-refractivity contribution in [2.75, 3.05) is 0 Å². The standard InChI is InChI=1S/C5H10BrNO3/c1-3-5(6,4(2)8)7(9)10/h4,8H,3H2,1-2H3. The highest BCUT2D eigenvalue weighted by molar-refractivity contribution is 9.10. The highest BCUT2D eigenvalue weighted by Crippen LogP contribution is 2.26. The summed E-state index contributed by atoms with van der Waals surface area (Å²) < 4.78 is -1.37. The number of nitrogens with zero attached hydrogens (tertiary/aromatic N) is 1. The second-order valence-electron chi connectivity index (χ2n) is 2.11. The lowest BCUT2D eigenvalue weighted by Crippen LogP contribution is -2.41. The molecule has 0 amide bonds. The van der Waals surface area contributed by atoms with Crippen molar-refractivity contribution in [3.05, 3.63) is 10.1 Å². The molecule has 0 radical (unpaired) electrons. The Morgan fingerprint density at radius 3 is 2.30 bits per heavy atom. The molecule has 0 aliphatic carbocycles. The van der Waals surface area contributed by atoms with Crippen molar-refractivity contribution in [2.24, 2.45) is 0 Å². The molecule has 0 saturated carbocycles. The Morgan fingerprint density at radius 1 is 1.90 bits per heavy atom. The third kappa shape index (κ3) is 1.67. The molecule has 0 bridgehead atoms. The summed E-state index contributed by atoms with van der Waals surface area (Å²) in [6.07, 6.45) is -0.718. The van der Waals surface area contributed by atoms with Crippen LogP contribution in [0.2, 0.25) is 0 Å². The smallest absolute Gasteiger partial charge is 0.299 e.